The maximum Gasteiger partial charge on any atom is 0.271 e. The molecule has 0 bridgehead atoms. The molecule has 0 aliphatic heterocycles. The van der Waals surface area contributed by atoms with E-state index in [0.717, 1.165) is 4.47 Å². The molecule has 0 atom stereocenters. The van der Waals surface area contributed by atoms with Crippen LogP contribution in [0.25, 0.3) is 0 Å². The fourth-order valence-electron chi connectivity index (χ4n) is 1.13. The highest BCUT2D eigenvalue weighted by atomic mass is 79.9. The van der Waals surface area contributed by atoms with Crippen LogP contribution in [0, 0.1) is 0 Å². The molecule has 5 heteroatoms. The SMILES string of the molecule is O=C(Nn1cccc1)c1cncc(Br)c1. The van der Waals surface area contributed by atoms with E-state index in [1.54, 1.807) is 29.3 Å². The summed E-state index contributed by atoms with van der Waals surface area (Å²) in [4.78, 5) is 15.6. The first kappa shape index (κ1) is 9.92. The molecule has 0 fully saturated rings. The summed E-state index contributed by atoms with van der Waals surface area (Å²) < 4.78 is 2.37. The first-order valence-corrected chi connectivity index (χ1v) is 5.10. The Kier molecular flexibility index (Phi) is 2.82. The van der Waals surface area contributed by atoms with E-state index in [-0.39, 0.29) is 5.91 Å². The fraction of sp³-hybridized carbons (Fsp3) is 0. The van der Waals surface area contributed by atoms with Gasteiger partial charge in [0.05, 0.1) is 5.56 Å². The van der Waals surface area contributed by atoms with Crippen molar-refractivity contribution in [3.05, 3.63) is 53.0 Å². The zero-order valence-corrected chi connectivity index (χ0v) is 9.31. The van der Waals surface area contributed by atoms with Gasteiger partial charge in [-0.05, 0) is 34.1 Å². The lowest BCUT2D eigenvalue weighted by atomic mass is 10.3. The van der Waals surface area contributed by atoms with Crippen LogP contribution in [0.5, 0.6) is 0 Å². The Hall–Kier alpha value is -1.62. The highest BCUT2D eigenvalue weighted by Crippen LogP contribution is 2.09. The van der Waals surface area contributed by atoms with Gasteiger partial charge in [-0.25, -0.2) is 0 Å². The molecule has 4 nitrogen and oxygen atoms in total. The standard InChI is InChI=1S/C10H8BrN3O/c11-9-5-8(6-12-7-9)10(15)13-14-3-1-2-4-14/h1-7H,(H,13,15). The molecular formula is C10H8BrN3O. The summed E-state index contributed by atoms with van der Waals surface area (Å²) in [5.41, 5.74) is 3.19. The Bertz CT molecular complexity index is 467. The van der Waals surface area contributed by atoms with Crippen LogP contribution in [-0.4, -0.2) is 15.6 Å². The Morgan fingerprint density at radius 1 is 1.33 bits per heavy atom. The molecule has 0 aliphatic rings. The van der Waals surface area contributed by atoms with Gasteiger partial charge in [0, 0.05) is 29.3 Å². The summed E-state index contributed by atoms with van der Waals surface area (Å²) in [6.45, 7) is 0. The van der Waals surface area contributed by atoms with Crippen molar-refractivity contribution in [1.82, 2.24) is 9.66 Å². The van der Waals surface area contributed by atoms with Gasteiger partial charge < -0.3 is 0 Å². The van der Waals surface area contributed by atoms with Crippen molar-refractivity contribution in [1.29, 1.82) is 0 Å². The average molecular weight is 266 g/mol. The topological polar surface area (TPSA) is 46.9 Å². The van der Waals surface area contributed by atoms with Gasteiger partial charge in [-0.15, -0.1) is 0 Å². The molecule has 0 aliphatic carbocycles. The van der Waals surface area contributed by atoms with Crippen molar-refractivity contribution in [2.24, 2.45) is 0 Å². The Labute approximate surface area is 95.0 Å². The molecule has 2 aromatic rings. The minimum Gasteiger partial charge on any atom is -0.268 e. The maximum atomic E-state index is 11.7. The normalized spacial score (nSPS) is 9.93. The van der Waals surface area contributed by atoms with Crippen LogP contribution in [0.4, 0.5) is 0 Å². The molecule has 0 spiro atoms. The van der Waals surface area contributed by atoms with E-state index in [1.165, 1.54) is 6.20 Å². The second-order valence-electron chi connectivity index (χ2n) is 2.92. The van der Waals surface area contributed by atoms with Gasteiger partial charge in [-0.3, -0.25) is 19.9 Å². The van der Waals surface area contributed by atoms with Crippen molar-refractivity contribution < 1.29 is 4.79 Å². The summed E-state index contributed by atoms with van der Waals surface area (Å²) in [7, 11) is 0. The quantitative estimate of drug-likeness (QED) is 0.904. The number of hydrogen-bond donors (Lipinski definition) is 1. The molecule has 0 saturated carbocycles. The maximum absolute atomic E-state index is 11.7. The Balaban J connectivity index is 2.15. The average Bonchev–Trinajstić information content (AvgIpc) is 2.70. The van der Waals surface area contributed by atoms with E-state index in [9.17, 15) is 4.79 Å². The van der Waals surface area contributed by atoms with E-state index < -0.39 is 0 Å². The van der Waals surface area contributed by atoms with Crippen LogP contribution in [0.3, 0.4) is 0 Å². The van der Waals surface area contributed by atoms with Gasteiger partial charge >= 0.3 is 0 Å². The lowest BCUT2D eigenvalue weighted by Crippen LogP contribution is -2.21. The van der Waals surface area contributed by atoms with Gasteiger partial charge in [-0.1, -0.05) is 0 Å². The molecule has 2 heterocycles. The largest absolute Gasteiger partial charge is 0.271 e. The lowest BCUT2D eigenvalue weighted by molar-refractivity contribution is 0.101. The predicted octanol–water partition coefficient (Wildman–Crippen LogP) is 2.03. The van der Waals surface area contributed by atoms with E-state index in [1.807, 2.05) is 12.1 Å². The molecule has 0 aromatic carbocycles. The third-order valence-electron chi connectivity index (χ3n) is 1.80. The number of nitrogens with one attached hydrogen (secondary N) is 1. The zero-order chi connectivity index (χ0) is 10.7. The minimum atomic E-state index is -0.194. The van der Waals surface area contributed by atoms with Gasteiger partial charge in [-0.2, -0.15) is 0 Å². The third-order valence-corrected chi connectivity index (χ3v) is 2.24. The van der Waals surface area contributed by atoms with Crippen LogP contribution < -0.4 is 5.43 Å². The Morgan fingerprint density at radius 3 is 2.73 bits per heavy atom. The lowest BCUT2D eigenvalue weighted by Gasteiger charge is -2.05. The van der Waals surface area contributed by atoms with Crippen molar-refractivity contribution in [2.75, 3.05) is 5.43 Å². The molecule has 1 amide bonds. The molecule has 2 rings (SSSR count). The van der Waals surface area contributed by atoms with Gasteiger partial charge in [0.25, 0.3) is 5.91 Å². The van der Waals surface area contributed by atoms with Crippen LogP contribution in [-0.2, 0) is 0 Å². The summed E-state index contributed by atoms with van der Waals surface area (Å²) in [5, 5.41) is 0. The van der Waals surface area contributed by atoms with E-state index >= 15 is 0 Å². The molecule has 1 N–H and O–H groups in total. The number of hydrogen-bond acceptors (Lipinski definition) is 2. The highest BCUT2D eigenvalue weighted by Gasteiger charge is 2.05. The van der Waals surface area contributed by atoms with Crippen LogP contribution in [0.15, 0.2) is 47.5 Å². The third kappa shape index (κ3) is 2.44. The predicted molar refractivity (Wildman–Crippen MR) is 60.1 cm³/mol. The van der Waals surface area contributed by atoms with Gasteiger partial charge in [0.2, 0.25) is 0 Å². The fourth-order valence-corrected chi connectivity index (χ4v) is 1.49. The minimum absolute atomic E-state index is 0.194. The van der Waals surface area contributed by atoms with Crippen LogP contribution in [0.1, 0.15) is 10.4 Å². The van der Waals surface area contributed by atoms with Crippen molar-refractivity contribution in [2.45, 2.75) is 0 Å². The number of carbonyl (C=O) groups is 1. The number of rotatable bonds is 2. The number of halogens is 1. The number of pyridine rings is 1. The number of amides is 1. The first-order chi connectivity index (χ1) is 7.25. The first-order valence-electron chi connectivity index (χ1n) is 4.30. The van der Waals surface area contributed by atoms with Crippen LogP contribution in [0.2, 0.25) is 0 Å². The van der Waals surface area contributed by atoms with E-state index in [0.29, 0.717) is 5.56 Å². The van der Waals surface area contributed by atoms with Gasteiger partial charge in [0.15, 0.2) is 0 Å². The van der Waals surface area contributed by atoms with Crippen molar-refractivity contribution in [3.63, 3.8) is 0 Å². The van der Waals surface area contributed by atoms with Gasteiger partial charge in [0.1, 0.15) is 0 Å². The molecule has 2 aromatic heterocycles. The highest BCUT2D eigenvalue weighted by molar-refractivity contribution is 9.10. The summed E-state index contributed by atoms with van der Waals surface area (Å²) >= 11 is 3.26. The van der Waals surface area contributed by atoms with Crippen molar-refractivity contribution >= 4 is 21.8 Å². The summed E-state index contributed by atoms with van der Waals surface area (Å²) in [5.74, 6) is -0.194. The number of aromatic nitrogens is 2. The molecule has 0 saturated heterocycles. The second-order valence-corrected chi connectivity index (χ2v) is 3.84. The van der Waals surface area contributed by atoms with Crippen LogP contribution >= 0.6 is 15.9 Å². The van der Waals surface area contributed by atoms with Crippen molar-refractivity contribution in [3.8, 4) is 0 Å². The molecule has 0 radical (unpaired) electrons. The summed E-state index contributed by atoms with van der Waals surface area (Å²) in [6, 6.07) is 5.38. The van der Waals surface area contributed by atoms with E-state index in [2.05, 4.69) is 26.3 Å². The number of carbonyl (C=O) groups excluding carboxylic acids is 1. The smallest absolute Gasteiger partial charge is 0.268 e. The summed E-state index contributed by atoms with van der Waals surface area (Å²) in [6.07, 6.45) is 6.66. The molecule has 15 heavy (non-hydrogen) atoms. The molecule has 76 valence electrons. The monoisotopic (exact) mass is 265 g/mol. The second kappa shape index (κ2) is 4.27. The zero-order valence-electron chi connectivity index (χ0n) is 7.72. The molecular weight excluding hydrogens is 258 g/mol. The Morgan fingerprint density at radius 2 is 2.07 bits per heavy atom. The number of nitrogens with zero attached hydrogens (tertiary/aromatic N) is 2. The molecule has 0 unspecified atom stereocenters. The van der Waals surface area contributed by atoms with E-state index in [4.69, 9.17) is 0 Å².